The fourth-order valence-electron chi connectivity index (χ4n) is 1.36. The van der Waals surface area contributed by atoms with E-state index in [-0.39, 0.29) is 0 Å². The molecule has 1 aromatic rings. The van der Waals surface area contributed by atoms with Gasteiger partial charge in [-0.15, -0.1) is 0 Å². The Hall–Kier alpha value is -2.62. The summed E-state index contributed by atoms with van der Waals surface area (Å²) in [5, 5.41) is 29.7. The number of halogens is 1. The molecule has 9 nitrogen and oxygen atoms in total. The molecule has 0 saturated heterocycles. The van der Waals surface area contributed by atoms with Gasteiger partial charge in [0.2, 0.25) is 0 Å². The molecule has 1 unspecified atom stereocenters. The summed E-state index contributed by atoms with van der Waals surface area (Å²) in [7, 11) is 0. The number of carbonyl (C=O) groups is 1. The lowest BCUT2D eigenvalue weighted by atomic mass is 10.0. The number of nitro groups is 2. The fourth-order valence-corrected chi connectivity index (χ4v) is 1.36. The number of rotatable bonds is 5. The molecule has 0 bridgehead atoms. The average molecular weight is 273 g/mol. The highest BCUT2D eigenvalue weighted by atomic mass is 19.1. The van der Waals surface area contributed by atoms with E-state index < -0.39 is 45.0 Å². The van der Waals surface area contributed by atoms with Gasteiger partial charge in [0, 0.05) is 6.07 Å². The maximum Gasteiger partial charge on any atom is 0.323 e. The molecular weight excluding hydrogens is 265 g/mol. The minimum atomic E-state index is -2.35. The van der Waals surface area contributed by atoms with Gasteiger partial charge in [0.15, 0.2) is 6.17 Å². The van der Waals surface area contributed by atoms with E-state index >= 15 is 0 Å². The Balaban J connectivity index is 3.31. The molecule has 1 rings (SSSR count). The van der Waals surface area contributed by atoms with Crippen LogP contribution >= 0.6 is 0 Å². The summed E-state index contributed by atoms with van der Waals surface area (Å²) >= 11 is 0. The zero-order chi connectivity index (χ0) is 14.7. The highest BCUT2D eigenvalue weighted by molar-refractivity contribution is 5.74. The molecule has 10 heteroatoms. The molecule has 0 aliphatic carbocycles. The Bertz CT molecular complexity index is 549. The lowest BCUT2D eigenvalue weighted by molar-refractivity contribution is -0.394. The normalized spacial score (nSPS) is 13.6. The van der Waals surface area contributed by atoms with E-state index in [2.05, 4.69) is 0 Å². The van der Waals surface area contributed by atoms with Crippen LogP contribution in [0.3, 0.4) is 0 Å². The summed E-state index contributed by atoms with van der Waals surface area (Å²) in [6, 6.07) is 0.170. The second kappa shape index (κ2) is 5.35. The predicted molar refractivity (Wildman–Crippen MR) is 59.2 cm³/mol. The lowest BCUT2D eigenvalue weighted by Gasteiger charge is -2.12. The minimum absolute atomic E-state index is 0.552. The Morgan fingerprint density at radius 2 is 1.89 bits per heavy atom. The van der Waals surface area contributed by atoms with E-state index in [4.69, 9.17) is 10.8 Å². The number of carboxylic acid groups (broad SMARTS) is 1. The third-order valence-corrected chi connectivity index (χ3v) is 2.32. The summed E-state index contributed by atoms with van der Waals surface area (Å²) in [6.07, 6.45) is -2.35. The maximum atomic E-state index is 13.8. The van der Waals surface area contributed by atoms with E-state index in [9.17, 15) is 29.4 Å². The summed E-state index contributed by atoms with van der Waals surface area (Å²) in [5.41, 5.74) is 2.91. The molecule has 0 saturated carbocycles. The standard InChI is InChI=1S/C9H8FN3O6/c10-7(8(11)9(14)15)5-2-1-4(12(16)17)3-6(5)13(18)19/h1-3,7-8H,11H2,(H,14,15)/t7?,8-/m0/s1. The molecule has 0 amide bonds. The summed E-state index contributed by atoms with van der Waals surface area (Å²) in [5.74, 6) is -1.68. The van der Waals surface area contributed by atoms with Crippen molar-refractivity contribution in [3.05, 3.63) is 44.0 Å². The molecule has 0 aromatic heterocycles. The first-order valence-corrected chi connectivity index (χ1v) is 4.81. The Kier molecular flexibility index (Phi) is 4.07. The van der Waals surface area contributed by atoms with Gasteiger partial charge in [0.1, 0.15) is 6.04 Å². The van der Waals surface area contributed by atoms with Gasteiger partial charge in [-0.05, 0) is 6.07 Å². The highest BCUT2D eigenvalue weighted by Crippen LogP contribution is 2.32. The number of aliphatic carboxylic acids is 1. The molecular formula is C9H8FN3O6. The van der Waals surface area contributed by atoms with Crippen molar-refractivity contribution in [1.29, 1.82) is 0 Å². The number of benzene rings is 1. The summed E-state index contributed by atoms with van der Waals surface area (Å²) in [4.78, 5) is 29.8. The molecule has 0 heterocycles. The average Bonchev–Trinajstić information content (AvgIpc) is 2.35. The Morgan fingerprint density at radius 1 is 1.32 bits per heavy atom. The van der Waals surface area contributed by atoms with Gasteiger partial charge >= 0.3 is 5.97 Å². The Morgan fingerprint density at radius 3 is 2.32 bits per heavy atom. The van der Waals surface area contributed by atoms with E-state index in [1.807, 2.05) is 0 Å². The number of alkyl halides is 1. The third kappa shape index (κ3) is 2.98. The molecule has 2 atom stereocenters. The van der Waals surface area contributed by atoms with E-state index in [1.165, 1.54) is 0 Å². The monoisotopic (exact) mass is 273 g/mol. The van der Waals surface area contributed by atoms with Crippen LogP contribution in [0.4, 0.5) is 15.8 Å². The van der Waals surface area contributed by atoms with Crippen LogP contribution in [0.25, 0.3) is 0 Å². The molecule has 0 aliphatic heterocycles. The van der Waals surface area contributed by atoms with Crippen molar-refractivity contribution in [2.75, 3.05) is 0 Å². The van der Waals surface area contributed by atoms with Crippen LogP contribution in [0.2, 0.25) is 0 Å². The molecule has 0 radical (unpaired) electrons. The van der Waals surface area contributed by atoms with Crippen molar-refractivity contribution in [1.82, 2.24) is 0 Å². The molecule has 3 N–H and O–H groups in total. The topological polar surface area (TPSA) is 150 Å². The van der Waals surface area contributed by atoms with Crippen LogP contribution in [0.5, 0.6) is 0 Å². The summed E-state index contributed by atoms with van der Waals surface area (Å²) in [6.45, 7) is 0. The third-order valence-electron chi connectivity index (χ3n) is 2.32. The number of nitro benzene ring substituents is 2. The summed E-state index contributed by atoms with van der Waals surface area (Å²) < 4.78 is 13.8. The van der Waals surface area contributed by atoms with Crippen LogP contribution in [0.1, 0.15) is 11.7 Å². The van der Waals surface area contributed by atoms with E-state index in [1.54, 1.807) is 0 Å². The van der Waals surface area contributed by atoms with Crippen molar-refractivity contribution >= 4 is 17.3 Å². The zero-order valence-electron chi connectivity index (χ0n) is 9.22. The van der Waals surface area contributed by atoms with Gasteiger partial charge < -0.3 is 10.8 Å². The van der Waals surface area contributed by atoms with Gasteiger partial charge in [-0.3, -0.25) is 25.0 Å². The van der Waals surface area contributed by atoms with E-state index in [0.717, 1.165) is 12.1 Å². The minimum Gasteiger partial charge on any atom is -0.480 e. The second-order valence-electron chi connectivity index (χ2n) is 3.52. The number of nitrogens with zero attached hydrogens (tertiary/aromatic N) is 2. The smallest absolute Gasteiger partial charge is 0.323 e. The van der Waals surface area contributed by atoms with Gasteiger partial charge in [-0.2, -0.15) is 0 Å². The molecule has 0 aliphatic rings. The molecule has 102 valence electrons. The largest absolute Gasteiger partial charge is 0.480 e. The van der Waals surface area contributed by atoms with Crippen molar-refractivity contribution in [2.24, 2.45) is 5.73 Å². The van der Waals surface area contributed by atoms with Crippen molar-refractivity contribution in [3.8, 4) is 0 Å². The lowest BCUT2D eigenvalue weighted by Crippen LogP contribution is -2.34. The van der Waals surface area contributed by atoms with Crippen LogP contribution in [0.15, 0.2) is 18.2 Å². The maximum absolute atomic E-state index is 13.8. The van der Waals surface area contributed by atoms with Gasteiger partial charge in [-0.25, -0.2) is 4.39 Å². The second-order valence-corrected chi connectivity index (χ2v) is 3.52. The van der Waals surface area contributed by atoms with Crippen LogP contribution in [0, 0.1) is 20.2 Å². The zero-order valence-corrected chi connectivity index (χ0v) is 9.22. The quantitative estimate of drug-likeness (QED) is 0.598. The van der Waals surface area contributed by atoms with Gasteiger partial charge in [0.25, 0.3) is 11.4 Å². The number of non-ortho nitro benzene ring substituents is 1. The van der Waals surface area contributed by atoms with Crippen LogP contribution < -0.4 is 5.73 Å². The van der Waals surface area contributed by atoms with Crippen molar-refractivity contribution in [2.45, 2.75) is 12.2 Å². The van der Waals surface area contributed by atoms with Crippen molar-refractivity contribution < 1.29 is 24.1 Å². The number of hydrogen-bond donors (Lipinski definition) is 2. The van der Waals surface area contributed by atoms with Crippen molar-refractivity contribution in [3.63, 3.8) is 0 Å². The van der Waals surface area contributed by atoms with Crippen LogP contribution in [-0.4, -0.2) is 27.0 Å². The SMILES string of the molecule is N[C@H](C(=O)O)C(F)c1ccc([N+](=O)[O-])cc1[N+](=O)[O-]. The van der Waals surface area contributed by atoms with Gasteiger partial charge in [-0.1, -0.05) is 0 Å². The Labute approximate surface area is 104 Å². The number of hydrogen-bond acceptors (Lipinski definition) is 6. The number of nitrogens with two attached hydrogens (primary N) is 1. The molecule has 0 fully saturated rings. The fraction of sp³-hybridized carbons (Fsp3) is 0.222. The first-order valence-electron chi connectivity index (χ1n) is 4.81. The first kappa shape index (κ1) is 14.4. The first-order chi connectivity index (χ1) is 8.75. The molecule has 1 aromatic carbocycles. The molecule has 19 heavy (non-hydrogen) atoms. The van der Waals surface area contributed by atoms with E-state index in [0.29, 0.717) is 6.07 Å². The highest BCUT2D eigenvalue weighted by Gasteiger charge is 2.32. The number of carboxylic acids is 1. The predicted octanol–water partition coefficient (Wildman–Crippen LogP) is 0.925. The van der Waals surface area contributed by atoms with Gasteiger partial charge in [0.05, 0.1) is 21.5 Å². The van der Waals surface area contributed by atoms with Crippen LogP contribution in [-0.2, 0) is 4.79 Å². The molecule has 0 spiro atoms.